The molecule has 32 heavy (non-hydrogen) atoms. The van der Waals surface area contributed by atoms with Crippen LogP contribution >= 0.6 is 0 Å². The van der Waals surface area contributed by atoms with Crippen molar-refractivity contribution in [3.05, 3.63) is 41.5 Å². The summed E-state index contributed by atoms with van der Waals surface area (Å²) in [5, 5.41) is 6.30. The number of aromatic nitrogens is 1. The van der Waals surface area contributed by atoms with Crippen LogP contribution in [0.5, 0.6) is 5.88 Å². The van der Waals surface area contributed by atoms with Gasteiger partial charge in [0.2, 0.25) is 11.8 Å². The van der Waals surface area contributed by atoms with Crippen molar-refractivity contribution in [1.82, 2.24) is 10.3 Å². The Morgan fingerprint density at radius 3 is 2.97 bits per heavy atom. The first-order valence-corrected chi connectivity index (χ1v) is 10.5. The van der Waals surface area contributed by atoms with Crippen molar-refractivity contribution >= 4 is 35.2 Å². The molecule has 166 valence electrons. The van der Waals surface area contributed by atoms with Gasteiger partial charge in [0.1, 0.15) is 18.5 Å². The van der Waals surface area contributed by atoms with Gasteiger partial charge < -0.3 is 25.0 Å². The monoisotopic (exact) mass is 437 g/mol. The minimum absolute atomic E-state index is 0.0905. The van der Waals surface area contributed by atoms with E-state index in [4.69, 9.17) is 9.47 Å². The molecule has 0 aliphatic carbocycles. The first-order chi connectivity index (χ1) is 15.5. The molecule has 2 N–H and O–H groups in total. The first-order valence-electron chi connectivity index (χ1n) is 10.5. The minimum Gasteiger partial charge on any atom is -0.444 e. The van der Waals surface area contributed by atoms with Gasteiger partial charge in [-0.15, -0.1) is 0 Å². The molecule has 3 aliphatic rings. The van der Waals surface area contributed by atoms with Gasteiger partial charge in [-0.1, -0.05) is 18.2 Å². The summed E-state index contributed by atoms with van der Waals surface area (Å²) in [6.45, 7) is 1.72. The van der Waals surface area contributed by atoms with Gasteiger partial charge in [0, 0.05) is 13.6 Å². The number of carbonyl (C=O) groups excluding carboxylic acids is 3. The molecule has 1 fully saturated rings. The van der Waals surface area contributed by atoms with Crippen LogP contribution in [-0.4, -0.2) is 55.7 Å². The molecule has 10 nitrogen and oxygen atoms in total. The number of pyridine rings is 1. The lowest BCUT2D eigenvalue weighted by atomic mass is 10.1. The van der Waals surface area contributed by atoms with Crippen LogP contribution in [0, 0.1) is 0 Å². The third-order valence-electron chi connectivity index (χ3n) is 5.84. The average molecular weight is 437 g/mol. The molecule has 0 radical (unpaired) electrons. The molecule has 0 saturated carbocycles. The highest BCUT2D eigenvalue weighted by Gasteiger charge is 2.34. The molecule has 2 aromatic rings. The first kappa shape index (κ1) is 20.3. The van der Waals surface area contributed by atoms with Gasteiger partial charge in [0.25, 0.3) is 0 Å². The molecule has 1 saturated heterocycles. The summed E-state index contributed by atoms with van der Waals surface area (Å²) in [6.07, 6.45) is 0.324. The molecule has 1 aromatic carbocycles. The number of likely N-dealkylation sites (N-methyl/N-ethyl adjacent to an activating group) is 1. The van der Waals surface area contributed by atoms with E-state index >= 15 is 0 Å². The molecule has 2 amide bonds. The molecule has 4 heterocycles. The Balaban J connectivity index is 1.16. The lowest BCUT2D eigenvalue weighted by molar-refractivity contribution is -0.133. The fraction of sp³-hybridized carbons (Fsp3) is 0.364. The summed E-state index contributed by atoms with van der Waals surface area (Å²) < 4.78 is 10.6. The van der Waals surface area contributed by atoms with E-state index in [2.05, 4.69) is 15.6 Å². The summed E-state index contributed by atoms with van der Waals surface area (Å²) in [7, 11) is 1.80. The number of anilines is 3. The highest BCUT2D eigenvalue weighted by atomic mass is 16.6. The summed E-state index contributed by atoms with van der Waals surface area (Å²) in [5.74, 6) is 0.227. The van der Waals surface area contributed by atoms with E-state index in [9.17, 15) is 14.4 Å². The Bertz CT molecular complexity index is 1100. The zero-order chi connectivity index (χ0) is 22.2. The Labute approximate surface area is 184 Å². The lowest BCUT2D eigenvalue weighted by Crippen LogP contribution is -2.29. The summed E-state index contributed by atoms with van der Waals surface area (Å²) in [6, 6.07) is 9.39. The molecule has 1 unspecified atom stereocenters. The van der Waals surface area contributed by atoms with E-state index in [0.717, 1.165) is 16.8 Å². The number of ether oxygens (including phenoxy) is 2. The van der Waals surface area contributed by atoms with Crippen molar-refractivity contribution in [2.75, 3.05) is 41.8 Å². The highest BCUT2D eigenvalue weighted by Crippen LogP contribution is 2.32. The fourth-order valence-corrected chi connectivity index (χ4v) is 4.22. The maximum atomic E-state index is 12.3. The van der Waals surface area contributed by atoms with Crippen LogP contribution in [0.15, 0.2) is 30.3 Å². The van der Waals surface area contributed by atoms with Crippen LogP contribution in [0.4, 0.5) is 22.0 Å². The van der Waals surface area contributed by atoms with Crippen molar-refractivity contribution in [2.45, 2.75) is 25.5 Å². The largest absolute Gasteiger partial charge is 0.444 e. The predicted molar refractivity (Wildman–Crippen MR) is 116 cm³/mol. The van der Waals surface area contributed by atoms with Crippen LogP contribution in [0.25, 0.3) is 0 Å². The van der Waals surface area contributed by atoms with Crippen molar-refractivity contribution in [3.63, 3.8) is 0 Å². The smallest absolute Gasteiger partial charge is 0.415 e. The van der Waals surface area contributed by atoms with Gasteiger partial charge in [-0.05, 0) is 36.2 Å². The number of benzene rings is 1. The zero-order valence-electron chi connectivity index (χ0n) is 17.6. The zero-order valence-corrected chi connectivity index (χ0v) is 17.6. The van der Waals surface area contributed by atoms with Crippen molar-refractivity contribution in [3.8, 4) is 5.88 Å². The van der Waals surface area contributed by atoms with Gasteiger partial charge in [-0.3, -0.25) is 9.69 Å². The van der Waals surface area contributed by atoms with E-state index in [1.54, 1.807) is 24.1 Å². The van der Waals surface area contributed by atoms with Crippen molar-refractivity contribution < 1.29 is 23.9 Å². The summed E-state index contributed by atoms with van der Waals surface area (Å²) >= 11 is 0. The number of fused-ring (bicyclic) bond motifs is 2. The van der Waals surface area contributed by atoms with Crippen molar-refractivity contribution in [2.24, 2.45) is 0 Å². The standard InChI is InChI=1S/C22H23N5O5/c1-26-18(28)9-13-3-2-4-14(20(13)26)10-23-8-7-15-12-27(22(30)31-15)17-6-5-16-21(25-17)32-19(29)11-24-16/h2-6,15,23-24H,7-12H2,1H3. The number of nitrogens with one attached hydrogen (secondary N) is 2. The van der Waals surface area contributed by atoms with Gasteiger partial charge in [-0.25, -0.2) is 9.59 Å². The van der Waals surface area contributed by atoms with Crippen LogP contribution in [0.1, 0.15) is 17.5 Å². The number of amides is 2. The number of nitrogens with zero attached hydrogens (tertiary/aromatic N) is 3. The maximum Gasteiger partial charge on any atom is 0.415 e. The van der Waals surface area contributed by atoms with E-state index in [0.29, 0.717) is 44.0 Å². The fourth-order valence-electron chi connectivity index (χ4n) is 4.22. The second-order valence-electron chi connectivity index (χ2n) is 7.99. The van der Waals surface area contributed by atoms with Crippen LogP contribution in [-0.2, 0) is 27.3 Å². The highest BCUT2D eigenvalue weighted by molar-refractivity contribution is 6.01. The maximum absolute atomic E-state index is 12.3. The number of rotatable bonds is 6. The Hall–Kier alpha value is -3.66. The minimum atomic E-state index is -0.474. The Morgan fingerprint density at radius 2 is 2.09 bits per heavy atom. The van der Waals surface area contributed by atoms with Crippen LogP contribution < -0.4 is 25.2 Å². The average Bonchev–Trinajstić information content (AvgIpc) is 3.30. The third-order valence-corrected chi connectivity index (χ3v) is 5.84. The molecule has 3 aliphatic heterocycles. The number of carbonyl (C=O) groups is 3. The number of cyclic esters (lactones) is 1. The number of hydrogen-bond donors (Lipinski definition) is 2. The Morgan fingerprint density at radius 1 is 1.22 bits per heavy atom. The second kappa shape index (κ2) is 8.12. The Kier molecular flexibility index (Phi) is 5.14. The molecule has 0 bridgehead atoms. The number of hydrogen-bond acceptors (Lipinski definition) is 8. The lowest BCUT2D eigenvalue weighted by Gasteiger charge is -2.19. The summed E-state index contributed by atoms with van der Waals surface area (Å²) in [4.78, 5) is 43.2. The van der Waals surface area contributed by atoms with E-state index in [-0.39, 0.29) is 24.4 Å². The quantitative estimate of drug-likeness (QED) is 0.516. The van der Waals surface area contributed by atoms with Gasteiger partial charge in [0.05, 0.1) is 24.3 Å². The molecule has 0 spiro atoms. The molecular formula is C22H23N5O5. The topological polar surface area (TPSA) is 113 Å². The number of para-hydroxylation sites is 1. The second-order valence-corrected chi connectivity index (χ2v) is 7.99. The third kappa shape index (κ3) is 3.73. The van der Waals surface area contributed by atoms with E-state index in [1.807, 2.05) is 18.2 Å². The predicted octanol–water partition coefficient (Wildman–Crippen LogP) is 1.44. The van der Waals surface area contributed by atoms with Crippen LogP contribution in [0.3, 0.4) is 0 Å². The normalized spacial score (nSPS) is 19.4. The van der Waals surface area contributed by atoms with Gasteiger partial charge in [-0.2, -0.15) is 4.98 Å². The molecular weight excluding hydrogens is 414 g/mol. The molecule has 1 aromatic heterocycles. The molecule has 5 rings (SSSR count). The van der Waals surface area contributed by atoms with Crippen molar-refractivity contribution in [1.29, 1.82) is 0 Å². The van der Waals surface area contributed by atoms with Crippen LogP contribution in [0.2, 0.25) is 0 Å². The number of esters is 1. The van der Waals surface area contributed by atoms with E-state index < -0.39 is 12.1 Å². The van der Waals surface area contributed by atoms with Gasteiger partial charge >= 0.3 is 12.1 Å². The molecule has 10 heteroatoms. The SMILES string of the molecule is CN1C(=O)Cc2cccc(CNCCC3CN(c4ccc5c(n4)OC(=O)CN5)C(=O)O3)c21. The van der Waals surface area contributed by atoms with E-state index in [1.165, 1.54) is 4.90 Å². The van der Waals surface area contributed by atoms with Gasteiger partial charge in [0.15, 0.2) is 0 Å². The molecule has 1 atom stereocenters. The summed E-state index contributed by atoms with van der Waals surface area (Å²) in [5.41, 5.74) is 3.72.